The average molecular weight is 235 g/mol. The van der Waals surface area contributed by atoms with Crippen LogP contribution in [0.5, 0.6) is 0 Å². The summed E-state index contributed by atoms with van der Waals surface area (Å²) in [6.45, 7) is 2.00. The molecule has 17 heavy (non-hydrogen) atoms. The van der Waals surface area contributed by atoms with E-state index in [1.807, 2.05) is 0 Å². The number of hydrogen-bond acceptors (Lipinski definition) is 5. The summed E-state index contributed by atoms with van der Waals surface area (Å²) in [6.07, 6.45) is 4.46. The van der Waals surface area contributed by atoms with E-state index in [1.165, 1.54) is 0 Å². The lowest BCUT2D eigenvalue weighted by molar-refractivity contribution is -0.0736. The van der Waals surface area contributed by atoms with Crippen LogP contribution in [0.1, 0.15) is 18.5 Å². The fourth-order valence-electron chi connectivity index (χ4n) is 2.86. The standard InChI is InChI=1S/C12H17N3O2/c1-17-10-4-12(5-10)7-15(8-12)11-13-3-2-9(6-16)14-11/h2-3,10,16H,4-8H2,1H3. The van der Waals surface area contributed by atoms with E-state index in [1.54, 1.807) is 19.4 Å². The van der Waals surface area contributed by atoms with Gasteiger partial charge in [-0.1, -0.05) is 0 Å². The Morgan fingerprint density at radius 2 is 2.29 bits per heavy atom. The first kappa shape index (κ1) is 10.9. The fraction of sp³-hybridized carbons (Fsp3) is 0.667. The van der Waals surface area contributed by atoms with E-state index in [9.17, 15) is 0 Å². The van der Waals surface area contributed by atoms with Gasteiger partial charge in [0.1, 0.15) is 0 Å². The minimum atomic E-state index is -0.0275. The van der Waals surface area contributed by atoms with Crippen molar-refractivity contribution in [2.24, 2.45) is 5.41 Å². The van der Waals surface area contributed by atoms with Gasteiger partial charge in [0.25, 0.3) is 0 Å². The molecule has 1 saturated carbocycles. The fourth-order valence-corrected chi connectivity index (χ4v) is 2.86. The minimum Gasteiger partial charge on any atom is -0.390 e. The zero-order valence-corrected chi connectivity index (χ0v) is 9.96. The van der Waals surface area contributed by atoms with Gasteiger partial charge in [-0.3, -0.25) is 0 Å². The van der Waals surface area contributed by atoms with Gasteiger partial charge in [0.15, 0.2) is 0 Å². The van der Waals surface area contributed by atoms with Crippen molar-refractivity contribution < 1.29 is 9.84 Å². The molecule has 1 aromatic heterocycles. The Bertz CT molecular complexity index is 410. The van der Waals surface area contributed by atoms with E-state index < -0.39 is 0 Å². The van der Waals surface area contributed by atoms with Gasteiger partial charge in [-0.05, 0) is 18.9 Å². The Hall–Kier alpha value is -1.20. The zero-order valence-electron chi connectivity index (χ0n) is 9.96. The lowest BCUT2D eigenvalue weighted by atomic mass is 9.62. The second-order valence-corrected chi connectivity index (χ2v) is 5.13. The predicted octanol–water partition coefficient (Wildman–Crippen LogP) is 0.584. The maximum Gasteiger partial charge on any atom is 0.225 e. The van der Waals surface area contributed by atoms with Gasteiger partial charge in [0.05, 0.1) is 18.4 Å². The number of anilines is 1. The highest BCUT2D eigenvalue weighted by Crippen LogP contribution is 2.49. The van der Waals surface area contributed by atoms with Crippen molar-refractivity contribution in [3.63, 3.8) is 0 Å². The number of nitrogens with zero attached hydrogens (tertiary/aromatic N) is 3. The number of methoxy groups -OCH3 is 1. The van der Waals surface area contributed by atoms with Crippen molar-refractivity contribution in [1.29, 1.82) is 0 Å². The molecule has 1 spiro atoms. The predicted molar refractivity (Wildman–Crippen MR) is 62.6 cm³/mol. The summed E-state index contributed by atoms with van der Waals surface area (Å²) in [6, 6.07) is 1.74. The monoisotopic (exact) mass is 235 g/mol. The van der Waals surface area contributed by atoms with Crippen molar-refractivity contribution in [3.8, 4) is 0 Å². The molecule has 1 aromatic rings. The third kappa shape index (κ3) is 1.79. The molecule has 92 valence electrons. The molecule has 5 heteroatoms. The van der Waals surface area contributed by atoms with Crippen LogP contribution in [0.2, 0.25) is 0 Å². The molecular weight excluding hydrogens is 218 g/mol. The first-order valence-corrected chi connectivity index (χ1v) is 5.95. The van der Waals surface area contributed by atoms with Gasteiger partial charge in [0, 0.05) is 31.8 Å². The highest BCUT2D eigenvalue weighted by molar-refractivity contribution is 5.38. The van der Waals surface area contributed by atoms with E-state index in [0.717, 1.165) is 31.9 Å². The summed E-state index contributed by atoms with van der Waals surface area (Å²) < 4.78 is 5.31. The lowest BCUT2D eigenvalue weighted by Gasteiger charge is -2.58. The van der Waals surface area contributed by atoms with E-state index in [-0.39, 0.29) is 6.61 Å². The molecule has 0 unspecified atom stereocenters. The van der Waals surface area contributed by atoms with Crippen LogP contribution in [0.4, 0.5) is 5.95 Å². The highest BCUT2D eigenvalue weighted by Gasteiger charge is 2.53. The summed E-state index contributed by atoms with van der Waals surface area (Å²) in [4.78, 5) is 10.7. The molecule has 2 fully saturated rings. The summed E-state index contributed by atoms with van der Waals surface area (Å²) in [5, 5.41) is 9.04. The molecule has 0 radical (unpaired) electrons. The Kier molecular flexibility index (Phi) is 2.52. The number of aliphatic hydroxyl groups is 1. The van der Waals surface area contributed by atoms with E-state index in [0.29, 0.717) is 17.2 Å². The molecule has 0 bridgehead atoms. The summed E-state index contributed by atoms with van der Waals surface area (Å²) in [7, 11) is 1.78. The number of aromatic nitrogens is 2. The second kappa shape index (κ2) is 3.92. The van der Waals surface area contributed by atoms with Crippen molar-refractivity contribution >= 4 is 5.95 Å². The molecule has 5 nitrogen and oxygen atoms in total. The maximum absolute atomic E-state index is 9.04. The summed E-state index contributed by atoms with van der Waals surface area (Å²) >= 11 is 0. The number of rotatable bonds is 3. The van der Waals surface area contributed by atoms with Crippen molar-refractivity contribution in [3.05, 3.63) is 18.0 Å². The van der Waals surface area contributed by atoms with E-state index >= 15 is 0 Å². The van der Waals surface area contributed by atoms with E-state index in [2.05, 4.69) is 14.9 Å². The van der Waals surface area contributed by atoms with Crippen LogP contribution < -0.4 is 4.90 Å². The summed E-state index contributed by atoms with van der Waals surface area (Å²) in [5.41, 5.74) is 1.12. The minimum absolute atomic E-state index is 0.0275. The van der Waals surface area contributed by atoms with Crippen LogP contribution in [0, 0.1) is 5.41 Å². The van der Waals surface area contributed by atoms with Crippen molar-refractivity contribution in [1.82, 2.24) is 9.97 Å². The molecule has 1 aliphatic carbocycles. The lowest BCUT2D eigenvalue weighted by Crippen LogP contribution is -2.64. The molecule has 1 saturated heterocycles. The molecule has 2 heterocycles. The normalized spacial score (nSPS) is 22.4. The molecule has 2 aliphatic rings. The quantitative estimate of drug-likeness (QED) is 0.830. The number of hydrogen-bond donors (Lipinski definition) is 1. The Labute approximate surface area is 100 Å². The van der Waals surface area contributed by atoms with Gasteiger partial charge in [0.2, 0.25) is 5.95 Å². The topological polar surface area (TPSA) is 58.5 Å². The van der Waals surface area contributed by atoms with Gasteiger partial charge in [-0.25, -0.2) is 9.97 Å². The molecular formula is C12H17N3O2. The molecule has 0 aromatic carbocycles. The van der Waals surface area contributed by atoms with Crippen LogP contribution in [0.15, 0.2) is 12.3 Å². The number of aliphatic hydroxyl groups excluding tert-OH is 1. The largest absolute Gasteiger partial charge is 0.390 e. The van der Waals surface area contributed by atoms with Crippen LogP contribution in [-0.2, 0) is 11.3 Å². The second-order valence-electron chi connectivity index (χ2n) is 5.13. The third-order valence-electron chi connectivity index (χ3n) is 3.85. The summed E-state index contributed by atoms with van der Waals surface area (Å²) in [5.74, 6) is 0.739. The van der Waals surface area contributed by atoms with Crippen LogP contribution in [0.3, 0.4) is 0 Å². The van der Waals surface area contributed by atoms with Gasteiger partial charge < -0.3 is 14.7 Å². The van der Waals surface area contributed by atoms with Crippen molar-refractivity contribution in [2.75, 3.05) is 25.1 Å². The van der Waals surface area contributed by atoms with Crippen LogP contribution >= 0.6 is 0 Å². The zero-order chi connectivity index (χ0) is 11.9. The average Bonchev–Trinajstić information content (AvgIpc) is 2.26. The first-order chi connectivity index (χ1) is 8.24. The van der Waals surface area contributed by atoms with Crippen molar-refractivity contribution in [2.45, 2.75) is 25.6 Å². The van der Waals surface area contributed by atoms with E-state index in [4.69, 9.17) is 9.84 Å². The third-order valence-corrected chi connectivity index (χ3v) is 3.85. The molecule has 0 atom stereocenters. The molecule has 3 rings (SSSR count). The molecule has 1 N–H and O–H groups in total. The Balaban J connectivity index is 1.62. The highest BCUT2D eigenvalue weighted by atomic mass is 16.5. The Morgan fingerprint density at radius 3 is 2.94 bits per heavy atom. The smallest absolute Gasteiger partial charge is 0.225 e. The van der Waals surface area contributed by atoms with Gasteiger partial charge in [-0.15, -0.1) is 0 Å². The van der Waals surface area contributed by atoms with Gasteiger partial charge >= 0.3 is 0 Å². The van der Waals surface area contributed by atoms with Crippen LogP contribution in [-0.4, -0.2) is 41.4 Å². The molecule has 0 amide bonds. The number of ether oxygens (including phenoxy) is 1. The Morgan fingerprint density at radius 1 is 1.53 bits per heavy atom. The SMILES string of the molecule is COC1CC2(C1)CN(c1nccc(CO)n1)C2. The first-order valence-electron chi connectivity index (χ1n) is 5.95. The van der Waals surface area contributed by atoms with Gasteiger partial charge in [-0.2, -0.15) is 0 Å². The molecule has 1 aliphatic heterocycles. The maximum atomic E-state index is 9.04. The van der Waals surface area contributed by atoms with Crippen LogP contribution in [0.25, 0.3) is 0 Å².